The number of aromatic carboxylic acids is 2. The maximum Gasteiger partial charge on any atom is 0.336 e. The summed E-state index contributed by atoms with van der Waals surface area (Å²) in [6.45, 7) is 9.02. The van der Waals surface area contributed by atoms with Crippen LogP contribution in [0.4, 0.5) is 0 Å². The van der Waals surface area contributed by atoms with Gasteiger partial charge in [-0.15, -0.1) is 0 Å². The van der Waals surface area contributed by atoms with Crippen molar-refractivity contribution in [2.75, 3.05) is 0 Å². The van der Waals surface area contributed by atoms with Gasteiger partial charge in [-0.25, -0.2) is 9.59 Å². The minimum absolute atomic E-state index is 0.0260. The molecular formula is C44H78O4. The van der Waals surface area contributed by atoms with E-state index >= 15 is 0 Å². The summed E-state index contributed by atoms with van der Waals surface area (Å²) < 4.78 is 0. The molecule has 0 bridgehead atoms. The lowest BCUT2D eigenvalue weighted by molar-refractivity contribution is 0.0649. The maximum atomic E-state index is 13.0. The average Bonchev–Trinajstić information content (AvgIpc) is 3.07. The van der Waals surface area contributed by atoms with Crippen molar-refractivity contribution in [3.63, 3.8) is 0 Å². The standard InChI is InChI=1S/C44H78O4/c1-5-9-13-17-19-21-25-28-32-37(31-27-23-15-11-7-3)39-35-36-40(43(45)46)42(44(47)48)41(39)38(33-29-24-16-12-8-4)34-30-26-22-20-18-14-10-6-2/h35-38H,5-34H2,1-4H3,(H,45,46)(H,47,48)/t37-,38-/m0/s1. The topological polar surface area (TPSA) is 74.6 Å². The number of rotatable bonds is 34. The number of carbonyl (C=O) groups is 2. The Morgan fingerprint density at radius 3 is 1.06 bits per heavy atom. The lowest BCUT2D eigenvalue weighted by atomic mass is 9.76. The number of carboxylic acid groups (broad SMARTS) is 2. The van der Waals surface area contributed by atoms with Crippen molar-refractivity contribution in [1.82, 2.24) is 0 Å². The number of hydrogen-bond donors (Lipinski definition) is 2. The van der Waals surface area contributed by atoms with E-state index in [2.05, 4.69) is 27.7 Å². The Morgan fingerprint density at radius 1 is 0.438 bits per heavy atom. The zero-order chi connectivity index (χ0) is 35.2. The Morgan fingerprint density at radius 2 is 0.750 bits per heavy atom. The fourth-order valence-corrected chi connectivity index (χ4v) is 7.77. The van der Waals surface area contributed by atoms with Gasteiger partial charge in [0.2, 0.25) is 0 Å². The minimum atomic E-state index is -1.12. The van der Waals surface area contributed by atoms with E-state index in [0.29, 0.717) is 5.92 Å². The highest BCUT2D eigenvalue weighted by atomic mass is 16.4. The highest BCUT2D eigenvalue weighted by molar-refractivity contribution is 6.03. The lowest BCUT2D eigenvalue weighted by Gasteiger charge is -2.28. The van der Waals surface area contributed by atoms with Crippen molar-refractivity contribution in [2.45, 2.75) is 232 Å². The fraction of sp³-hybridized carbons (Fsp3) is 0.818. The van der Waals surface area contributed by atoms with Gasteiger partial charge in [0.25, 0.3) is 0 Å². The molecule has 4 heteroatoms. The Labute approximate surface area is 297 Å². The molecule has 0 heterocycles. The molecule has 48 heavy (non-hydrogen) atoms. The Bertz CT molecular complexity index is 938. The van der Waals surface area contributed by atoms with E-state index in [1.54, 1.807) is 6.07 Å². The van der Waals surface area contributed by atoms with Gasteiger partial charge in [-0.1, -0.05) is 201 Å². The van der Waals surface area contributed by atoms with E-state index < -0.39 is 11.9 Å². The monoisotopic (exact) mass is 671 g/mol. The van der Waals surface area contributed by atoms with Gasteiger partial charge in [-0.3, -0.25) is 0 Å². The molecule has 0 aliphatic heterocycles. The third-order valence-electron chi connectivity index (χ3n) is 10.7. The van der Waals surface area contributed by atoms with Crippen LogP contribution in [0.25, 0.3) is 0 Å². The first-order valence-electron chi connectivity index (χ1n) is 21.1. The molecule has 278 valence electrons. The molecule has 4 nitrogen and oxygen atoms in total. The fourth-order valence-electron chi connectivity index (χ4n) is 7.77. The molecule has 0 fully saturated rings. The summed E-state index contributed by atoms with van der Waals surface area (Å²) in [4.78, 5) is 25.5. The second-order valence-corrected chi connectivity index (χ2v) is 14.9. The van der Waals surface area contributed by atoms with Gasteiger partial charge in [0.05, 0.1) is 11.1 Å². The van der Waals surface area contributed by atoms with Crippen LogP contribution in [-0.4, -0.2) is 22.2 Å². The van der Waals surface area contributed by atoms with Crippen LogP contribution in [0.1, 0.15) is 264 Å². The molecule has 0 radical (unpaired) electrons. The molecule has 0 saturated heterocycles. The molecule has 2 N–H and O–H groups in total. The molecule has 1 aromatic rings. The third kappa shape index (κ3) is 19.4. The predicted octanol–water partition coefficient (Wildman–Crippen LogP) is 15.0. The highest BCUT2D eigenvalue weighted by Gasteiger charge is 2.30. The summed E-state index contributed by atoms with van der Waals surface area (Å²) in [6, 6.07) is 3.67. The number of hydrogen-bond acceptors (Lipinski definition) is 2. The zero-order valence-corrected chi connectivity index (χ0v) is 32.2. The molecule has 0 aliphatic rings. The Kier molecular flexibility index (Phi) is 27.6. The highest BCUT2D eigenvalue weighted by Crippen LogP contribution is 2.41. The van der Waals surface area contributed by atoms with E-state index in [-0.39, 0.29) is 17.0 Å². The Balaban J connectivity index is 3.37. The van der Waals surface area contributed by atoms with E-state index in [4.69, 9.17) is 0 Å². The SMILES string of the molecule is CCCCCCCCCC[C@H](CCCCCCC)c1ccc(C(=O)O)c(C(=O)O)c1[C@@H](CCCCCCC)CCCCCCCCCC. The molecule has 0 spiro atoms. The largest absolute Gasteiger partial charge is 0.478 e. The van der Waals surface area contributed by atoms with Crippen molar-refractivity contribution >= 4 is 11.9 Å². The van der Waals surface area contributed by atoms with E-state index in [1.807, 2.05) is 6.07 Å². The van der Waals surface area contributed by atoms with Gasteiger partial charge in [-0.05, 0) is 54.7 Å². The van der Waals surface area contributed by atoms with Gasteiger partial charge < -0.3 is 10.2 Å². The van der Waals surface area contributed by atoms with E-state index in [1.165, 1.54) is 135 Å². The molecule has 0 aromatic heterocycles. The first-order valence-corrected chi connectivity index (χ1v) is 21.1. The molecule has 0 aliphatic carbocycles. The van der Waals surface area contributed by atoms with E-state index in [9.17, 15) is 19.8 Å². The predicted molar refractivity (Wildman–Crippen MR) is 207 cm³/mol. The van der Waals surface area contributed by atoms with E-state index in [0.717, 1.165) is 68.9 Å². The first kappa shape index (κ1) is 44.2. The van der Waals surface area contributed by atoms with Crippen molar-refractivity contribution in [2.24, 2.45) is 0 Å². The molecule has 0 unspecified atom stereocenters. The minimum Gasteiger partial charge on any atom is -0.478 e. The lowest BCUT2D eigenvalue weighted by Crippen LogP contribution is -2.18. The first-order chi connectivity index (χ1) is 23.4. The van der Waals surface area contributed by atoms with Crippen LogP contribution in [-0.2, 0) is 0 Å². The zero-order valence-electron chi connectivity index (χ0n) is 32.2. The van der Waals surface area contributed by atoms with Crippen molar-refractivity contribution in [3.8, 4) is 0 Å². The van der Waals surface area contributed by atoms with Crippen molar-refractivity contribution < 1.29 is 19.8 Å². The normalized spacial score (nSPS) is 12.8. The smallest absolute Gasteiger partial charge is 0.336 e. The molecule has 1 rings (SSSR count). The summed E-state index contributed by atoms with van der Waals surface area (Å²) >= 11 is 0. The van der Waals surface area contributed by atoms with Crippen LogP contribution in [0.15, 0.2) is 12.1 Å². The van der Waals surface area contributed by atoms with Crippen LogP contribution >= 0.6 is 0 Å². The van der Waals surface area contributed by atoms with Crippen LogP contribution < -0.4 is 0 Å². The molecular weight excluding hydrogens is 592 g/mol. The van der Waals surface area contributed by atoms with Crippen LogP contribution in [0.3, 0.4) is 0 Å². The molecule has 1 aromatic carbocycles. The summed E-state index contributed by atoms with van der Waals surface area (Å²) in [5.41, 5.74) is 2.11. The quantitative estimate of drug-likeness (QED) is 0.0716. The van der Waals surface area contributed by atoms with Crippen molar-refractivity contribution in [1.29, 1.82) is 0 Å². The number of benzene rings is 1. The summed E-state index contributed by atoms with van der Waals surface area (Å²) in [7, 11) is 0. The van der Waals surface area contributed by atoms with Crippen LogP contribution in [0.2, 0.25) is 0 Å². The number of carboxylic acids is 2. The summed E-state index contributed by atoms with van der Waals surface area (Å²) in [6.07, 6.45) is 36.3. The summed E-state index contributed by atoms with van der Waals surface area (Å²) in [5.74, 6) is -1.78. The second-order valence-electron chi connectivity index (χ2n) is 14.9. The van der Waals surface area contributed by atoms with Crippen LogP contribution in [0.5, 0.6) is 0 Å². The second kappa shape index (κ2) is 30.0. The van der Waals surface area contributed by atoms with Gasteiger partial charge in [0.15, 0.2) is 0 Å². The number of unbranched alkanes of at least 4 members (excludes halogenated alkanes) is 22. The van der Waals surface area contributed by atoms with Gasteiger partial charge in [-0.2, -0.15) is 0 Å². The molecule has 0 amide bonds. The van der Waals surface area contributed by atoms with Gasteiger partial charge in [0.1, 0.15) is 0 Å². The molecule has 0 saturated carbocycles. The maximum absolute atomic E-state index is 13.0. The Hall–Kier alpha value is -1.84. The van der Waals surface area contributed by atoms with Gasteiger partial charge >= 0.3 is 11.9 Å². The average molecular weight is 671 g/mol. The third-order valence-corrected chi connectivity index (χ3v) is 10.7. The molecule has 2 atom stereocenters. The van der Waals surface area contributed by atoms with Gasteiger partial charge in [0, 0.05) is 0 Å². The van der Waals surface area contributed by atoms with Crippen molar-refractivity contribution in [3.05, 3.63) is 34.4 Å². The van der Waals surface area contributed by atoms with Crippen LogP contribution in [0, 0.1) is 0 Å². The summed E-state index contributed by atoms with van der Waals surface area (Å²) in [5, 5.41) is 20.8.